The van der Waals surface area contributed by atoms with Gasteiger partial charge in [-0.1, -0.05) is 6.07 Å². The smallest absolute Gasteiger partial charge is 0.338 e. The summed E-state index contributed by atoms with van der Waals surface area (Å²) in [6, 6.07) is 3.22. The lowest BCUT2D eigenvalue weighted by Crippen LogP contribution is -2.40. The first-order valence-electron chi connectivity index (χ1n) is 6.73. The van der Waals surface area contributed by atoms with Crippen molar-refractivity contribution in [2.24, 2.45) is 0 Å². The lowest BCUT2D eigenvalue weighted by atomic mass is 10.1. The molecule has 1 aliphatic heterocycles. The van der Waals surface area contributed by atoms with E-state index in [1.165, 1.54) is 32.2 Å². The van der Waals surface area contributed by atoms with Crippen LogP contribution < -0.4 is 0 Å². The summed E-state index contributed by atoms with van der Waals surface area (Å²) in [4.78, 5) is 22.8. The van der Waals surface area contributed by atoms with Gasteiger partial charge < -0.3 is 9.84 Å². The minimum absolute atomic E-state index is 0.0662. The Hall–Kier alpha value is -1.93. The van der Waals surface area contributed by atoms with Gasteiger partial charge >= 0.3 is 11.9 Å². The quantitative estimate of drug-likeness (QED) is 0.829. The zero-order valence-corrected chi connectivity index (χ0v) is 13.1. The van der Waals surface area contributed by atoms with Crippen molar-refractivity contribution >= 4 is 22.0 Å². The molecule has 0 amide bonds. The van der Waals surface area contributed by atoms with Crippen LogP contribution in [0.3, 0.4) is 0 Å². The molecule has 0 bridgehead atoms. The fourth-order valence-electron chi connectivity index (χ4n) is 2.63. The first kappa shape index (κ1) is 16.4. The Morgan fingerprint density at radius 1 is 1.36 bits per heavy atom. The normalized spacial score (nSPS) is 19.1. The summed E-state index contributed by atoms with van der Waals surface area (Å²) >= 11 is 0. The maximum absolute atomic E-state index is 12.7. The van der Waals surface area contributed by atoms with E-state index in [1.807, 2.05) is 0 Å². The van der Waals surface area contributed by atoms with Crippen LogP contribution in [0.5, 0.6) is 0 Å². The van der Waals surface area contributed by atoms with Gasteiger partial charge in [-0.05, 0) is 37.5 Å². The number of rotatable bonds is 4. The van der Waals surface area contributed by atoms with Crippen LogP contribution in [0.25, 0.3) is 0 Å². The van der Waals surface area contributed by atoms with E-state index in [1.54, 1.807) is 0 Å². The van der Waals surface area contributed by atoms with Crippen LogP contribution in [0.15, 0.2) is 23.1 Å². The van der Waals surface area contributed by atoms with Gasteiger partial charge in [0.25, 0.3) is 0 Å². The zero-order valence-electron chi connectivity index (χ0n) is 12.3. The molecule has 120 valence electrons. The fourth-order valence-corrected chi connectivity index (χ4v) is 4.53. The predicted molar refractivity (Wildman–Crippen MR) is 77.1 cm³/mol. The SMILES string of the molecule is COC(=O)c1cccc(S(=O)(=O)N2CCC[C@H]2C(=O)O)c1C. The highest BCUT2D eigenvalue weighted by molar-refractivity contribution is 7.89. The number of nitrogens with zero attached hydrogens (tertiary/aromatic N) is 1. The number of sulfonamides is 1. The molecule has 1 aromatic rings. The third-order valence-electron chi connectivity index (χ3n) is 3.76. The summed E-state index contributed by atoms with van der Waals surface area (Å²) in [5.74, 6) is -1.80. The minimum atomic E-state index is -3.98. The Kier molecular flexibility index (Phi) is 4.52. The van der Waals surface area contributed by atoms with Gasteiger partial charge in [-0.15, -0.1) is 0 Å². The Morgan fingerprint density at radius 2 is 2.05 bits per heavy atom. The monoisotopic (exact) mass is 327 g/mol. The van der Waals surface area contributed by atoms with Crippen molar-refractivity contribution in [3.05, 3.63) is 29.3 Å². The highest BCUT2D eigenvalue weighted by Gasteiger charge is 2.40. The number of benzene rings is 1. The van der Waals surface area contributed by atoms with Crippen molar-refractivity contribution in [2.45, 2.75) is 30.7 Å². The second-order valence-electron chi connectivity index (χ2n) is 5.03. The largest absolute Gasteiger partial charge is 0.480 e. The Balaban J connectivity index is 2.51. The highest BCUT2D eigenvalue weighted by Crippen LogP contribution is 2.29. The molecule has 1 atom stereocenters. The second-order valence-corrected chi connectivity index (χ2v) is 6.89. The van der Waals surface area contributed by atoms with Gasteiger partial charge in [-0.3, -0.25) is 4.79 Å². The van der Waals surface area contributed by atoms with E-state index in [4.69, 9.17) is 5.11 Å². The molecule has 1 N–H and O–H groups in total. The predicted octanol–water partition coefficient (Wildman–Crippen LogP) is 1.02. The molecule has 22 heavy (non-hydrogen) atoms. The van der Waals surface area contributed by atoms with Crippen molar-refractivity contribution in [1.29, 1.82) is 0 Å². The molecule has 0 spiro atoms. The lowest BCUT2D eigenvalue weighted by Gasteiger charge is -2.22. The number of carboxylic acid groups (broad SMARTS) is 1. The fraction of sp³-hybridized carbons (Fsp3) is 0.429. The Bertz CT molecular complexity index is 712. The van der Waals surface area contributed by atoms with Crippen LogP contribution >= 0.6 is 0 Å². The molecule has 7 nitrogen and oxygen atoms in total. The number of carbonyl (C=O) groups is 2. The summed E-state index contributed by atoms with van der Waals surface area (Å²) in [6.45, 7) is 1.66. The number of ether oxygens (including phenoxy) is 1. The van der Waals surface area contributed by atoms with Crippen molar-refractivity contribution in [3.63, 3.8) is 0 Å². The molecule has 1 heterocycles. The molecular formula is C14H17NO6S. The summed E-state index contributed by atoms with van der Waals surface area (Å²) in [6.07, 6.45) is 0.774. The van der Waals surface area contributed by atoms with Gasteiger partial charge in [0.2, 0.25) is 10.0 Å². The van der Waals surface area contributed by atoms with Gasteiger partial charge in [0, 0.05) is 6.54 Å². The number of methoxy groups -OCH3 is 1. The average molecular weight is 327 g/mol. The topological polar surface area (TPSA) is 101 Å². The van der Waals surface area contributed by atoms with E-state index in [2.05, 4.69) is 4.74 Å². The van der Waals surface area contributed by atoms with Gasteiger partial charge in [-0.25, -0.2) is 13.2 Å². The van der Waals surface area contributed by atoms with Crippen LogP contribution in [-0.2, 0) is 19.6 Å². The van der Waals surface area contributed by atoms with E-state index >= 15 is 0 Å². The van der Waals surface area contributed by atoms with Crippen molar-refractivity contribution in [1.82, 2.24) is 4.31 Å². The van der Waals surface area contributed by atoms with Crippen LogP contribution in [0, 0.1) is 6.92 Å². The van der Waals surface area contributed by atoms with Crippen LogP contribution in [0.1, 0.15) is 28.8 Å². The molecule has 1 fully saturated rings. The maximum Gasteiger partial charge on any atom is 0.338 e. The lowest BCUT2D eigenvalue weighted by molar-refractivity contribution is -0.140. The third kappa shape index (κ3) is 2.71. The number of hydrogen-bond acceptors (Lipinski definition) is 5. The number of aliphatic carboxylic acids is 1. The molecule has 1 saturated heterocycles. The number of carbonyl (C=O) groups excluding carboxylic acids is 1. The molecule has 0 aromatic heterocycles. The summed E-state index contributed by atoms with van der Waals surface area (Å²) in [7, 11) is -2.77. The zero-order chi connectivity index (χ0) is 16.5. The molecule has 0 saturated carbocycles. The minimum Gasteiger partial charge on any atom is -0.480 e. The van der Waals surface area contributed by atoms with E-state index in [-0.39, 0.29) is 29.0 Å². The van der Waals surface area contributed by atoms with Gasteiger partial charge in [0.05, 0.1) is 17.6 Å². The first-order valence-corrected chi connectivity index (χ1v) is 8.17. The second kappa shape index (κ2) is 6.05. The highest BCUT2D eigenvalue weighted by atomic mass is 32.2. The number of carboxylic acids is 1. The molecule has 0 unspecified atom stereocenters. The number of hydrogen-bond donors (Lipinski definition) is 1. The summed E-state index contributed by atoms with van der Waals surface area (Å²) < 4.78 is 31.1. The van der Waals surface area contributed by atoms with E-state index in [0.717, 1.165) is 4.31 Å². The van der Waals surface area contributed by atoms with Crippen molar-refractivity contribution < 1.29 is 27.9 Å². The summed E-state index contributed by atoms with van der Waals surface area (Å²) in [5.41, 5.74) is 0.403. The molecule has 1 aromatic carbocycles. The third-order valence-corrected chi connectivity index (χ3v) is 5.82. The Morgan fingerprint density at radius 3 is 2.64 bits per heavy atom. The maximum atomic E-state index is 12.7. The van der Waals surface area contributed by atoms with E-state index in [0.29, 0.717) is 6.42 Å². The van der Waals surface area contributed by atoms with Crippen LogP contribution in [0.4, 0.5) is 0 Å². The standard InChI is InChI=1S/C14H17NO6S/c1-9-10(14(18)21-2)5-3-7-12(9)22(19,20)15-8-4-6-11(15)13(16)17/h3,5,7,11H,4,6,8H2,1-2H3,(H,16,17)/t11-/m0/s1. The molecule has 8 heteroatoms. The van der Waals surface area contributed by atoms with Gasteiger partial charge in [0.15, 0.2) is 0 Å². The molecule has 0 radical (unpaired) electrons. The van der Waals surface area contributed by atoms with E-state index in [9.17, 15) is 18.0 Å². The van der Waals surface area contributed by atoms with Gasteiger partial charge in [-0.2, -0.15) is 4.31 Å². The van der Waals surface area contributed by atoms with Crippen molar-refractivity contribution in [3.8, 4) is 0 Å². The average Bonchev–Trinajstić information content (AvgIpc) is 2.97. The van der Waals surface area contributed by atoms with Crippen LogP contribution in [0.2, 0.25) is 0 Å². The Labute approximate surface area is 128 Å². The van der Waals surface area contributed by atoms with Crippen molar-refractivity contribution in [2.75, 3.05) is 13.7 Å². The summed E-state index contributed by atoms with van der Waals surface area (Å²) in [5, 5.41) is 9.16. The van der Waals surface area contributed by atoms with Gasteiger partial charge in [0.1, 0.15) is 6.04 Å². The first-order chi connectivity index (χ1) is 10.3. The molecule has 1 aliphatic rings. The molecule has 2 rings (SSSR count). The molecular weight excluding hydrogens is 310 g/mol. The molecule has 0 aliphatic carbocycles. The van der Waals surface area contributed by atoms with E-state index < -0.39 is 28.0 Å². The number of esters is 1. The van der Waals surface area contributed by atoms with Crippen LogP contribution in [-0.4, -0.2) is 49.5 Å².